The average Bonchev–Trinajstić information content (AvgIpc) is 3.08. The van der Waals surface area contributed by atoms with Crippen molar-refractivity contribution in [1.29, 1.82) is 0 Å². The van der Waals surface area contributed by atoms with Crippen LogP contribution < -0.4 is 0 Å². The van der Waals surface area contributed by atoms with Crippen molar-refractivity contribution < 1.29 is 0 Å². The maximum atomic E-state index is 2.28. The summed E-state index contributed by atoms with van der Waals surface area (Å²) in [6, 6.07) is 20.0. The molecule has 0 nitrogen and oxygen atoms in total. The van der Waals surface area contributed by atoms with Gasteiger partial charge in [0, 0.05) is 10.4 Å². The summed E-state index contributed by atoms with van der Waals surface area (Å²) in [6.45, 7) is 9.11. The highest BCUT2D eigenvalue weighted by molar-refractivity contribution is 7.13. The lowest BCUT2D eigenvalue weighted by Gasteiger charge is -2.20. The molecule has 0 N–H and O–H groups in total. The quantitative estimate of drug-likeness (QED) is 0.472. The van der Waals surface area contributed by atoms with Crippen molar-refractivity contribution in [3.05, 3.63) is 71.1 Å². The van der Waals surface area contributed by atoms with Gasteiger partial charge in [0.2, 0.25) is 0 Å². The van der Waals surface area contributed by atoms with E-state index in [1.807, 2.05) is 11.3 Å². The normalized spacial score (nSPS) is 11.4. The Bertz CT molecular complexity index is 779. The molecule has 0 aliphatic carbocycles. The number of thiophene rings is 1. The van der Waals surface area contributed by atoms with Gasteiger partial charge in [-0.25, -0.2) is 0 Å². The molecule has 0 bridgehead atoms. The Labute approximate surface area is 143 Å². The largest absolute Gasteiger partial charge is 0.144 e. The third-order valence-corrected chi connectivity index (χ3v) is 5.25. The number of benzene rings is 2. The topological polar surface area (TPSA) is 0 Å². The molecule has 0 aliphatic heterocycles. The van der Waals surface area contributed by atoms with Crippen molar-refractivity contribution in [1.82, 2.24) is 0 Å². The van der Waals surface area contributed by atoms with E-state index < -0.39 is 0 Å². The zero-order valence-corrected chi connectivity index (χ0v) is 15.2. The molecule has 0 atom stereocenters. The monoisotopic (exact) mass is 320 g/mol. The number of hydrogen-bond acceptors (Lipinski definition) is 1. The highest BCUT2D eigenvalue weighted by Gasteiger charge is 2.17. The summed E-state index contributed by atoms with van der Waals surface area (Å²) < 4.78 is 0. The van der Waals surface area contributed by atoms with E-state index in [0.29, 0.717) is 11.8 Å². The second kappa shape index (κ2) is 6.72. The minimum Gasteiger partial charge on any atom is -0.144 e. The molecule has 0 fully saturated rings. The first-order chi connectivity index (χ1) is 11.1. The smallest absolute Gasteiger partial charge is 0.0351 e. The lowest BCUT2D eigenvalue weighted by Crippen LogP contribution is -1.97. The average molecular weight is 321 g/mol. The van der Waals surface area contributed by atoms with Crippen LogP contribution in [0.2, 0.25) is 0 Å². The van der Waals surface area contributed by atoms with Crippen molar-refractivity contribution >= 4 is 11.3 Å². The van der Waals surface area contributed by atoms with Gasteiger partial charge in [-0.15, -0.1) is 11.3 Å². The molecular weight excluding hydrogens is 296 g/mol. The predicted molar refractivity (Wildman–Crippen MR) is 103 cm³/mol. The van der Waals surface area contributed by atoms with Gasteiger partial charge in [0.25, 0.3) is 0 Å². The molecule has 3 aromatic rings. The molecule has 0 amide bonds. The molecule has 0 radical (unpaired) electrons. The van der Waals surface area contributed by atoms with Crippen molar-refractivity contribution in [2.45, 2.75) is 39.5 Å². The van der Waals surface area contributed by atoms with Crippen LogP contribution in [-0.4, -0.2) is 0 Å². The molecular formula is C22H24S. The summed E-state index contributed by atoms with van der Waals surface area (Å²) in [4.78, 5) is 1.36. The van der Waals surface area contributed by atoms with Gasteiger partial charge < -0.3 is 0 Å². The van der Waals surface area contributed by atoms with Crippen molar-refractivity contribution in [2.24, 2.45) is 0 Å². The van der Waals surface area contributed by atoms with Gasteiger partial charge in [-0.05, 0) is 45.5 Å². The van der Waals surface area contributed by atoms with E-state index in [1.165, 1.54) is 32.7 Å². The van der Waals surface area contributed by atoms with Gasteiger partial charge in [-0.1, -0.05) is 76.2 Å². The van der Waals surface area contributed by atoms with E-state index in [1.54, 1.807) is 0 Å². The van der Waals surface area contributed by atoms with Gasteiger partial charge >= 0.3 is 0 Å². The summed E-state index contributed by atoms with van der Waals surface area (Å²) in [6.07, 6.45) is 0. The molecule has 0 saturated heterocycles. The zero-order chi connectivity index (χ0) is 16.4. The molecule has 1 heterocycles. The molecule has 0 saturated carbocycles. The van der Waals surface area contributed by atoms with Crippen LogP contribution in [0.3, 0.4) is 0 Å². The van der Waals surface area contributed by atoms with Crippen molar-refractivity contribution in [3.8, 4) is 21.6 Å². The van der Waals surface area contributed by atoms with Crippen LogP contribution in [0.4, 0.5) is 0 Å². The van der Waals surface area contributed by atoms with E-state index in [9.17, 15) is 0 Å². The molecule has 0 aliphatic rings. The first-order valence-electron chi connectivity index (χ1n) is 8.35. The van der Waals surface area contributed by atoms with E-state index in [0.717, 1.165) is 0 Å². The molecule has 118 valence electrons. The second-order valence-electron chi connectivity index (χ2n) is 6.64. The highest BCUT2D eigenvalue weighted by atomic mass is 32.1. The van der Waals surface area contributed by atoms with Gasteiger partial charge in [-0.3, -0.25) is 0 Å². The van der Waals surface area contributed by atoms with E-state index in [2.05, 4.69) is 87.7 Å². The summed E-state index contributed by atoms with van der Waals surface area (Å²) in [5.74, 6) is 1.03. The molecule has 1 aromatic heterocycles. The second-order valence-corrected chi connectivity index (χ2v) is 7.59. The van der Waals surface area contributed by atoms with Crippen LogP contribution >= 0.6 is 11.3 Å². The molecule has 2 aromatic carbocycles. The summed E-state index contributed by atoms with van der Waals surface area (Å²) in [5.41, 5.74) is 7.00. The van der Waals surface area contributed by atoms with Gasteiger partial charge in [0.1, 0.15) is 0 Å². The Morgan fingerprint density at radius 2 is 1.30 bits per heavy atom. The first-order valence-corrected chi connectivity index (χ1v) is 9.23. The molecule has 0 spiro atoms. The Hall–Kier alpha value is -1.86. The van der Waals surface area contributed by atoms with Crippen molar-refractivity contribution in [2.75, 3.05) is 0 Å². The summed E-state index contributed by atoms with van der Waals surface area (Å²) >= 11 is 1.83. The molecule has 23 heavy (non-hydrogen) atoms. The predicted octanol–water partition coefficient (Wildman–Crippen LogP) is 7.33. The fraction of sp³-hybridized carbons (Fsp3) is 0.273. The van der Waals surface area contributed by atoms with E-state index in [4.69, 9.17) is 0 Å². The lowest BCUT2D eigenvalue weighted by atomic mass is 9.85. The maximum absolute atomic E-state index is 2.28. The van der Waals surface area contributed by atoms with Crippen LogP contribution in [0.15, 0.2) is 60.0 Å². The van der Waals surface area contributed by atoms with Crippen LogP contribution in [0, 0.1) is 0 Å². The van der Waals surface area contributed by atoms with E-state index >= 15 is 0 Å². The fourth-order valence-corrected chi connectivity index (χ4v) is 4.02. The Morgan fingerprint density at radius 3 is 1.96 bits per heavy atom. The summed E-state index contributed by atoms with van der Waals surface area (Å²) in [7, 11) is 0. The van der Waals surface area contributed by atoms with Crippen molar-refractivity contribution in [3.63, 3.8) is 0 Å². The third kappa shape index (κ3) is 3.11. The zero-order valence-electron chi connectivity index (χ0n) is 14.3. The van der Waals surface area contributed by atoms with Gasteiger partial charge in [-0.2, -0.15) is 0 Å². The van der Waals surface area contributed by atoms with Crippen LogP contribution in [0.1, 0.15) is 50.7 Å². The fourth-order valence-electron chi connectivity index (χ4n) is 3.22. The standard InChI is InChI=1S/C22H24S/c1-15(2)17-9-5-6-10-19(17)20-12-7-11-18(16(3)4)22(20)21-13-8-14-23-21/h5-16H,1-4H3. The summed E-state index contributed by atoms with van der Waals surface area (Å²) in [5, 5.41) is 2.17. The third-order valence-electron chi connectivity index (χ3n) is 4.36. The van der Waals surface area contributed by atoms with Crippen LogP contribution in [-0.2, 0) is 0 Å². The van der Waals surface area contributed by atoms with Crippen LogP contribution in [0.25, 0.3) is 21.6 Å². The maximum Gasteiger partial charge on any atom is 0.0351 e. The first kappa shape index (κ1) is 16.0. The highest BCUT2D eigenvalue weighted by Crippen LogP contribution is 2.42. The molecule has 3 rings (SSSR count). The van der Waals surface area contributed by atoms with E-state index in [-0.39, 0.29) is 0 Å². The lowest BCUT2D eigenvalue weighted by molar-refractivity contribution is 0.865. The number of rotatable bonds is 4. The van der Waals surface area contributed by atoms with Gasteiger partial charge in [0.15, 0.2) is 0 Å². The Morgan fingerprint density at radius 1 is 0.652 bits per heavy atom. The molecule has 0 unspecified atom stereocenters. The van der Waals surface area contributed by atoms with Gasteiger partial charge in [0.05, 0.1) is 0 Å². The molecule has 1 heteroatoms. The minimum absolute atomic E-state index is 0.512. The Balaban J connectivity index is 2.31. The van der Waals surface area contributed by atoms with Crippen LogP contribution in [0.5, 0.6) is 0 Å². The Kier molecular flexibility index (Phi) is 4.68. The SMILES string of the molecule is CC(C)c1ccccc1-c1cccc(C(C)C)c1-c1cccs1. The minimum atomic E-state index is 0.512. The number of hydrogen-bond donors (Lipinski definition) is 0.